The van der Waals surface area contributed by atoms with Crippen LogP contribution in [0.2, 0.25) is 0 Å². The number of rotatable bonds is 36. The molecule has 3 atom stereocenters. The first kappa shape index (κ1) is 75.2. The first-order valence-corrected chi connectivity index (χ1v) is 33.6. The van der Waals surface area contributed by atoms with Crippen LogP contribution < -0.4 is 26.0 Å². The lowest BCUT2D eigenvalue weighted by Crippen LogP contribution is -2.52. The minimum atomic E-state index is -3.10. The first-order chi connectivity index (χ1) is 44.8. The molecule has 3 aromatic rings. The number of terminal acetylenes is 1. The number of ether oxygens (including phenoxy) is 3. The maximum atomic E-state index is 14.0. The van der Waals surface area contributed by atoms with E-state index in [0.717, 1.165) is 33.4 Å². The molecule has 6 rings (SSSR count). The van der Waals surface area contributed by atoms with Crippen molar-refractivity contribution in [1.82, 2.24) is 60.6 Å². The highest BCUT2D eigenvalue weighted by molar-refractivity contribution is 14.1. The summed E-state index contributed by atoms with van der Waals surface area (Å²) in [4.78, 5) is 130. The van der Waals surface area contributed by atoms with Gasteiger partial charge in [0.05, 0.1) is 49.9 Å². The number of unbranched alkanes of at least 4 members (excludes halogenated alkanes) is 2. The van der Waals surface area contributed by atoms with E-state index < -0.39 is 73.2 Å². The Labute approximate surface area is 559 Å². The highest BCUT2D eigenvalue weighted by atomic mass is 127. The number of carboxylic acids is 1. The Kier molecular flexibility index (Phi) is 32.7. The van der Waals surface area contributed by atoms with Gasteiger partial charge in [0, 0.05) is 131 Å². The molecule has 93 heavy (non-hydrogen) atoms. The molecule has 1 aromatic heterocycles. The standard InChI is InChI=1S/C63H87F2IN12O14S/c1-2-49-37-63(64,65)42-78(49)58(84)38-70-60(87)51-17-19-67-53-16-15-50(36-52(51)53)92-34-6-5-21-72-30-32-77(33-31-72)62(89)55(81)41-93-35-20-69-61(88)54(9-3-4-18-68-56(82)10-7-8-47-11-13-48(66)14-12-47)71-57(83)39-73-22-23-74(40-59(85)86)25-27-76(44-91-46-80)29-28-75(26-24-73)43-90-45-79/h1,11-17,19,36,45-46,49,54-55,81H,3-10,18,20-35,37-44H2,(H,68,82)(H,69,88)(H,70,87)(H,71,83)(H,85,86)/t49-,54-,55+/m0/s1. The lowest BCUT2D eigenvalue weighted by molar-refractivity contribution is -0.141. The van der Waals surface area contributed by atoms with Crippen LogP contribution in [0.3, 0.4) is 0 Å². The molecule has 26 nitrogen and oxygen atoms in total. The fourth-order valence-electron chi connectivity index (χ4n) is 10.9. The number of aromatic nitrogens is 1. The maximum absolute atomic E-state index is 14.0. The number of amides is 6. The monoisotopic (exact) mass is 1430 g/mol. The lowest BCUT2D eigenvalue weighted by Gasteiger charge is -2.35. The van der Waals surface area contributed by atoms with Crippen molar-refractivity contribution in [3.8, 4) is 18.1 Å². The number of carbonyl (C=O) groups excluding carboxylic acids is 8. The number of thioether (sulfide) groups is 1. The Morgan fingerprint density at radius 3 is 2.09 bits per heavy atom. The topological polar surface area (TPSA) is 305 Å². The van der Waals surface area contributed by atoms with Gasteiger partial charge in [0.1, 0.15) is 31.4 Å². The van der Waals surface area contributed by atoms with Gasteiger partial charge < -0.3 is 55.5 Å². The summed E-state index contributed by atoms with van der Waals surface area (Å²) < 4.78 is 45.1. The molecule has 30 heteroatoms. The summed E-state index contributed by atoms with van der Waals surface area (Å²) in [5.74, 6) is -3.58. The van der Waals surface area contributed by atoms with Crippen LogP contribution in [0.5, 0.6) is 5.75 Å². The normalized spacial score (nSPS) is 17.8. The van der Waals surface area contributed by atoms with Crippen LogP contribution in [-0.4, -0.2) is 284 Å². The average Bonchev–Trinajstić information content (AvgIpc) is 1.80. The SMILES string of the molecule is C#C[C@H]1CC(F)(F)CN1C(=O)CNC(=O)c1ccnc2ccc(OCCCCN3CCN(C(=O)[C@H](O)CSCCNC(=O)[C@H](CCCCNC(=O)CCCc4ccc(I)cc4)NC(=O)CN4CCN(COC=O)CCN(COC=O)CCN(CC(=O)O)CC4)CC3)cc12. The van der Waals surface area contributed by atoms with Crippen molar-refractivity contribution >= 4 is 99.6 Å². The molecule has 0 saturated carbocycles. The number of piperazine rings is 1. The Bertz CT molecular complexity index is 2970. The third-order valence-corrected chi connectivity index (χ3v) is 17.8. The van der Waals surface area contributed by atoms with E-state index in [4.69, 9.17) is 20.6 Å². The van der Waals surface area contributed by atoms with E-state index in [-0.39, 0.29) is 75.7 Å². The van der Waals surface area contributed by atoms with Gasteiger partial charge in [0.15, 0.2) is 0 Å². The number of aryl methyl sites for hydroxylation is 1. The van der Waals surface area contributed by atoms with E-state index in [1.54, 1.807) is 28.0 Å². The van der Waals surface area contributed by atoms with Gasteiger partial charge in [-0.15, -0.1) is 6.42 Å². The van der Waals surface area contributed by atoms with Crippen LogP contribution in [0, 0.1) is 15.9 Å². The smallest absolute Gasteiger partial charge is 0.317 e. The average molecular weight is 1430 g/mol. The number of likely N-dealkylation sites (tertiary alicyclic amines) is 1. The van der Waals surface area contributed by atoms with Crippen molar-refractivity contribution in [3.05, 3.63) is 69.4 Å². The van der Waals surface area contributed by atoms with E-state index in [1.165, 1.54) is 24.0 Å². The van der Waals surface area contributed by atoms with Gasteiger partial charge >= 0.3 is 5.97 Å². The molecule has 510 valence electrons. The Hall–Kier alpha value is -6.86. The van der Waals surface area contributed by atoms with E-state index in [9.17, 15) is 62.1 Å². The van der Waals surface area contributed by atoms with Crippen molar-refractivity contribution in [3.63, 3.8) is 0 Å². The third-order valence-electron chi connectivity index (χ3n) is 16.1. The summed E-state index contributed by atoms with van der Waals surface area (Å²) in [6.45, 7) is 5.40. The van der Waals surface area contributed by atoms with Crippen LogP contribution in [-0.2, 0) is 54.3 Å². The number of pyridine rings is 1. The second-order valence-electron chi connectivity index (χ2n) is 23.0. The Morgan fingerprint density at radius 1 is 0.774 bits per heavy atom. The molecular weight excluding hydrogens is 1350 g/mol. The molecule has 6 amide bonds. The van der Waals surface area contributed by atoms with E-state index in [0.29, 0.717) is 146 Å². The molecule has 2 aromatic carbocycles. The second-order valence-corrected chi connectivity index (χ2v) is 25.4. The van der Waals surface area contributed by atoms with Gasteiger partial charge in [-0.05, 0) is 116 Å². The summed E-state index contributed by atoms with van der Waals surface area (Å²) in [7, 11) is 0. The number of halogens is 3. The number of benzene rings is 2. The fourth-order valence-corrected chi connectivity index (χ4v) is 12.0. The number of carbonyl (C=O) groups is 9. The predicted octanol–water partition coefficient (Wildman–Crippen LogP) is 1.31. The number of aliphatic hydroxyl groups is 1. The van der Waals surface area contributed by atoms with Crippen LogP contribution in [0.4, 0.5) is 8.78 Å². The molecule has 0 unspecified atom stereocenters. The number of aliphatic hydroxyl groups excluding tert-OH is 1. The van der Waals surface area contributed by atoms with Crippen molar-refractivity contribution < 1.29 is 76.4 Å². The van der Waals surface area contributed by atoms with Crippen molar-refractivity contribution in [2.24, 2.45) is 0 Å². The van der Waals surface area contributed by atoms with Crippen LogP contribution in [0.25, 0.3) is 10.9 Å². The summed E-state index contributed by atoms with van der Waals surface area (Å²) in [6.07, 6.45) is 9.56. The molecule has 4 heterocycles. The summed E-state index contributed by atoms with van der Waals surface area (Å²) in [5, 5.41) is 32.4. The van der Waals surface area contributed by atoms with E-state index >= 15 is 0 Å². The Morgan fingerprint density at radius 2 is 1.43 bits per heavy atom. The van der Waals surface area contributed by atoms with Gasteiger partial charge in [-0.1, -0.05) is 18.1 Å². The number of nitrogens with one attached hydrogen (secondary N) is 4. The number of alkyl halides is 2. The molecule has 3 fully saturated rings. The predicted molar refractivity (Wildman–Crippen MR) is 351 cm³/mol. The highest BCUT2D eigenvalue weighted by Gasteiger charge is 2.46. The highest BCUT2D eigenvalue weighted by Crippen LogP contribution is 2.32. The van der Waals surface area contributed by atoms with Crippen LogP contribution >= 0.6 is 34.4 Å². The molecule has 3 aliphatic heterocycles. The Balaban J connectivity index is 0.919. The van der Waals surface area contributed by atoms with Gasteiger partial charge in [-0.3, -0.25) is 72.6 Å². The van der Waals surface area contributed by atoms with Crippen molar-refractivity contribution in [2.45, 2.75) is 81.9 Å². The fraction of sp³-hybridized carbons (Fsp3) is 0.587. The number of aliphatic carboxylic acids is 1. The quantitative estimate of drug-likeness (QED) is 0.0207. The summed E-state index contributed by atoms with van der Waals surface area (Å²) in [5.41, 5.74) is 1.90. The number of carboxylic acid groups (broad SMARTS) is 1. The number of hydrogen-bond donors (Lipinski definition) is 6. The van der Waals surface area contributed by atoms with Crippen molar-refractivity contribution in [1.29, 1.82) is 0 Å². The zero-order valence-corrected chi connectivity index (χ0v) is 55.4. The summed E-state index contributed by atoms with van der Waals surface area (Å²) in [6, 6.07) is 12.8. The minimum absolute atomic E-state index is 0.0139. The molecule has 0 radical (unpaired) electrons. The zero-order valence-electron chi connectivity index (χ0n) is 52.4. The zero-order chi connectivity index (χ0) is 67.0. The van der Waals surface area contributed by atoms with E-state index in [2.05, 4.69) is 71.8 Å². The molecule has 0 aliphatic carbocycles. The molecule has 3 saturated heterocycles. The number of hydrogen-bond acceptors (Lipinski definition) is 20. The minimum Gasteiger partial charge on any atom is -0.494 e. The van der Waals surface area contributed by atoms with Gasteiger partial charge in [0.25, 0.3) is 30.7 Å². The molecule has 0 spiro atoms. The molecular formula is C63H87F2IN12O14S. The number of fused-ring (bicyclic) bond motifs is 1. The first-order valence-electron chi connectivity index (χ1n) is 31.3. The maximum Gasteiger partial charge on any atom is 0.317 e. The number of nitrogens with zero attached hydrogens (tertiary/aromatic N) is 8. The van der Waals surface area contributed by atoms with Gasteiger partial charge in [-0.2, -0.15) is 11.8 Å². The van der Waals surface area contributed by atoms with Gasteiger partial charge in [0.2, 0.25) is 23.6 Å². The molecule has 6 N–H and O–H groups in total. The van der Waals surface area contributed by atoms with E-state index in [1.807, 2.05) is 26.8 Å². The van der Waals surface area contributed by atoms with Crippen LogP contribution in [0.1, 0.15) is 67.3 Å². The third kappa shape index (κ3) is 27.2. The molecule has 0 bridgehead atoms. The van der Waals surface area contributed by atoms with Crippen LogP contribution in [0.15, 0.2) is 54.7 Å². The largest absolute Gasteiger partial charge is 0.494 e. The lowest BCUT2D eigenvalue weighted by atomic mass is 10.1. The van der Waals surface area contributed by atoms with Crippen molar-refractivity contribution in [2.75, 3.05) is 156 Å². The van der Waals surface area contributed by atoms with Gasteiger partial charge in [-0.25, -0.2) is 8.78 Å². The molecule has 3 aliphatic rings. The second kappa shape index (κ2) is 40.4. The summed E-state index contributed by atoms with van der Waals surface area (Å²) >= 11 is 3.55.